The van der Waals surface area contributed by atoms with E-state index in [2.05, 4.69) is 35.4 Å². The minimum absolute atomic E-state index is 0.00159. The highest BCUT2D eigenvalue weighted by Gasteiger charge is 2.36. The van der Waals surface area contributed by atoms with Crippen LogP contribution in [0.15, 0.2) is 36.4 Å². The molecule has 1 saturated heterocycles. The van der Waals surface area contributed by atoms with Gasteiger partial charge in [0.15, 0.2) is 0 Å². The number of nitrogens with zero attached hydrogens (tertiary/aromatic N) is 2. The number of aromatic nitrogens is 1. The zero-order chi connectivity index (χ0) is 22.2. The van der Waals surface area contributed by atoms with E-state index in [0.717, 1.165) is 40.2 Å². The van der Waals surface area contributed by atoms with Crippen molar-refractivity contribution in [3.05, 3.63) is 58.1 Å². The summed E-state index contributed by atoms with van der Waals surface area (Å²) in [5, 5.41) is 4.24. The number of rotatable bonds is 5. The third-order valence-electron chi connectivity index (χ3n) is 6.79. The normalized spacial score (nSPS) is 19.2. The lowest BCUT2D eigenvalue weighted by atomic mass is 9.88. The fraction of sp³-hybridized carbons (Fsp3) is 0.423. The van der Waals surface area contributed by atoms with Gasteiger partial charge in [-0.3, -0.25) is 9.59 Å². The third kappa shape index (κ3) is 4.04. The summed E-state index contributed by atoms with van der Waals surface area (Å²) in [5.74, 6) is -0.365. The minimum Gasteiger partial charge on any atom is -0.349 e. The van der Waals surface area contributed by atoms with Crippen LogP contribution in [0.25, 0.3) is 10.2 Å². The van der Waals surface area contributed by atoms with E-state index in [1.165, 1.54) is 29.5 Å². The lowest BCUT2D eigenvalue weighted by molar-refractivity contribution is -0.127. The molecule has 1 aliphatic carbocycles. The van der Waals surface area contributed by atoms with Crippen molar-refractivity contribution in [3.8, 4) is 0 Å². The van der Waals surface area contributed by atoms with Crippen molar-refractivity contribution in [2.75, 3.05) is 11.4 Å². The molecule has 2 atom stereocenters. The number of thiazole rings is 1. The number of anilines is 1. The van der Waals surface area contributed by atoms with Gasteiger partial charge in [0.25, 0.3) is 0 Å². The Morgan fingerprint density at radius 1 is 1.19 bits per heavy atom. The van der Waals surface area contributed by atoms with Gasteiger partial charge in [0.05, 0.1) is 27.2 Å². The van der Waals surface area contributed by atoms with Gasteiger partial charge >= 0.3 is 0 Å². The average Bonchev–Trinajstić information content (AvgIpc) is 3.38. The third-order valence-corrected chi connectivity index (χ3v) is 7.74. The van der Waals surface area contributed by atoms with Crippen molar-refractivity contribution < 1.29 is 9.59 Å². The molecule has 2 amide bonds. The van der Waals surface area contributed by atoms with Crippen LogP contribution >= 0.6 is 11.3 Å². The number of carbonyl (C=O) groups is 2. The highest BCUT2D eigenvalue weighted by molar-refractivity contribution is 7.18. The number of benzene rings is 2. The number of aryl methyl sites for hydroxylation is 3. The molecule has 32 heavy (non-hydrogen) atoms. The number of hydrogen-bond donors (Lipinski definition) is 1. The zero-order valence-electron chi connectivity index (χ0n) is 18.7. The molecular weight excluding hydrogens is 418 g/mol. The van der Waals surface area contributed by atoms with Crippen LogP contribution < -0.4 is 10.2 Å². The molecule has 0 saturated carbocycles. The van der Waals surface area contributed by atoms with Crippen molar-refractivity contribution >= 4 is 39.1 Å². The Morgan fingerprint density at radius 2 is 2.00 bits per heavy atom. The molecule has 0 spiro atoms. The molecule has 0 radical (unpaired) electrons. The summed E-state index contributed by atoms with van der Waals surface area (Å²) < 4.78 is 1.11. The second-order valence-corrected chi connectivity index (χ2v) is 10.2. The van der Waals surface area contributed by atoms with Crippen LogP contribution in [-0.2, 0) is 22.4 Å². The van der Waals surface area contributed by atoms with E-state index in [-0.39, 0.29) is 30.2 Å². The Hall–Kier alpha value is -2.73. The van der Waals surface area contributed by atoms with Gasteiger partial charge in [-0.2, -0.15) is 0 Å². The van der Waals surface area contributed by atoms with Crippen molar-refractivity contribution in [2.45, 2.75) is 58.4 Å². The molecule has 2 heterocycles. The van der Waals surface area contributed by atoms with E-state index in [4.69, 9.17) is 0 Å². The summed E-state index contributed by atoms with van der Waals surface area (Å²) in [5.41, 5.74) is 5.78. The number of carbonyl (C=O) groups excluding carboxylic acids is 2. The maximum absolute atomic E-state index is 13.1. The van der Waals surface area contributed by atoms with Gasteiger partial charge in [0.1, 0.15) is 0 Å². The van der Waals surface area contributed by atoms with Gasteiger partial charge < -0.3 is 10.2 Å². The summed E-state index contributed by atoms with van der Waals surface area (Å²) in [6, 6.07) is 12.6. The molecule has 5 rings (SSSR count). The molecular formula is C26H29N3O2S. The first kappa shape index (κ1) is 21.1. The van der Waals surface area contributed by atoms with E-state index in [1.54, 1.807) is 16.2 Å². The summed E-state index contributed by atoms with van der Waals surface area (Å²) in [7, 11) is 0. The molecule has 1 N–H and O–H groups in total. The van der Waals surface area contributed by atoms with E-state index in [9.17, 15) is 9.59 Å². The fourth-order valence-corrected chi connectivity index (χ4v) is 5.82. The van der Waals surface area contributed by atoms with Gasteiger partial charge in [0.2, 0.25) is 11.8 Å². The lowest BCUT2D eigenvalue weighted by Crippen LogP contribution is -2.35. The van der Waals surface area contributed by atoms with Crippen LogP contribution in [0.2, 0.25) is 0 Å². The molecule has 1 fully saturated rings. The standard InChI is InChI=1S/C26H29N3O2S/c1-3-22(19-9-8-17-6-4-5-7-18(17)12-19)28-26(31)20-13-25(30)29(15-20)21-10-11-24-23(14-21)27-16(2)32-24/h8-12,14,20,22H,3-7,13,15H2,1-2H3,(H,28,31). The quantitative estimate of drug-likeness (QED) is 0.592. The average molecular weight is 448 g/mol. The topological polar surface area (TPSA) is 62.3 Å². The zero-order valence-corrected chi connectivity index (χ0v) is 19.5. The first-order valence-electron chi connectivity index (χ1n) is 11.6. The molecule has 6 heteroatoms. The number of amides is 2. The van der Waals surface area contributed by atoms with E-state index >= 15 is 0 Å². The Balaban J connectivity index is 1.29. The van der Waals surface area contributed by atoms with Crippen LogP contribution in [0.5, 0.6) is 0 Å². The Kier molecular flexibility index (Phi) is 5.72. The van der Waals surface area contributed by atoms with Crippen LogP contribution in [0.1, 0.15) is 60.3 Å². The lowest BCUT2D eigenvalue weighted by Gasteiger charge is -2.23. The van der Waals surface area contributed by atoms with Gasteiger partial charge in [-0.15, -0.1) is 11.3 Å². The molecule has 1 aromatic heterocycles. The van der Waals surface area contributed by atoms with Crippen LogP contribution in [0.4, 0.5) is 5.69 Å². The fourth-order valence-electron chi connectivity index (χ4n) is 5.01. The van der Waals surface area contributed by atoms with Gasteiger partial charge in [0, 0.05) is 18.7 Å². The molecule has 2 aliphatic rings. The smallest absolute Gasteiger partial charge is 0.227 e. The molecule has 2 aromatic carbocycles. The van der Waals surface area contributed by atoms with Gasteiger partial charge in [-0.1, -0.05) is 25.1 Å². The Bertz CT molecular complexity index is 1190. The van der Waals surface area contributed by atoms with E-state index in [1.807, 2.05) is 25.1 Å². The van der Waals surface area contributed by atoms with Crippen molar-refractivity contribution in [2.24, 2.45) is 5.92 Å². The van der Waals surface area contributed by atoms with Crippen LogP contribution in [-0.4, -0.2) is 23.3 Å². The van der Waals surface area contributed by atoms with Crippen LogP contribution in [0.3, 0.4) is 0 Å². The maximum atomic E-state index is 13.1. The maximum Gasteiger partial charge on any atom is 0.227 e. The first-order chi connectivity index (χ1) is 15.5. The molecule has 3 aromatic rings. The molecule has 0 bridgehead atoms. The Labute approximate surface area is 192 Å². The summed E-state index contributed by atoms with van der Waals surface area (Å²) in [6.07, 6.45) is 5.87. The van der Waals surface area contributed by atoms with Gasteiger partial charge in [-0.25, -0.2) is 4.98 Å². The predicted octanol–water partition coefficient (Wildman–Crippen LogP) is 5.10. The highest BCUT2D eigenvalue weighted by Crippen LogP contribution is 2.31. The van der Waals surface area contributed by atoms with Crippen molar-refractivity contribution in [3.63, 3.8) is 0 Å². The second-order valence-electron chi connectivity index (χ2n) is 8.99. The van der Waals surface area contributed by atoms with E-state index in [0.29, 0.717) is 6.54 Å². The summed E-state index contributed by atoms with van der Waals surface area (Å²) in [4.78, 5) is 32.1. The van der Waals surface area contributed by atoms with Crippen molar-refractivity contribution in [1.29, 1.82) is 0 Å². The molecule has 2 unspecified atom stereocenters. The molecule has 1 aliphatic heterocycles. The van der Waals surface area contributed by atoms with Gasteiger partial charge in [-0.05, 0) is 73.9 Å². The van der Waals surface area contributed by atoms with Crippen LogP contribution in [0, 0.1) is 12.8 Å². The SMILES string of the molecule is CCC(NC(=O)C1CC(=O)N(c2ccc3sc(C)nc3c2)C1)c1ccc2c(c1)CCCC2. The highest BCUT2D eigenvalue weighted by atomic mass is 32.1. The number of hydrogen-bond acceptors (Lipinski definition) is 4. The summed E-state index contributed by atoms with van der Waals surface area (Å²) in [6.45, 7) is 4.50. The summed E-state index contributed by atoms with van der Waals surface area (Å²) >= 11 is 1.65. The van der Waals surface area contributed by atoms with E-state index < -0.39 is 0 Å². The number of nitrogens with one attached hydrogen (secondary N) is 1. The molecule has 166 valence electrons. The first-order valence-corrected chi connectivity index (χ1v) is 12.4. The minimum atomic E-state index is -0.331. The number of fused-ring (bicyclic) bond motifs is 2. The Morgan fingerprint density at radius 3 is 2.81 bits per heavy atom. The predicted molar refractivity (Wildman–Crippen MR) is 129 cm³/mol. The molecule has 5 nitrogen and oxygen atoms in total. The largest absolute Gasteiger partial charge is 0.349 e. The monoisotopic (exact) mass is 447 g/mol. The van der Waals surface area contributed by atoms with Crippen molar-refractivity contribution in [1.82, 2.24) is 10.3 Å². The second kappa shape index (κ2) is 8.66.